The second-order valence-electron chi connectivity index (χ2n) is 7.55. The zero-order valence-electron chi connectivity index (χ0n) is 16.1. The number of fused-ring (bicyclic) bond motifs is 1. The van der Waals surface area contributed by atoms with Crippen molar-refractivity contribution in [1.29, 1.82) is 0 Å². The first-order valence-electron chi connectivity index (χ1n) is 9.76. The van der Waals surface area contributed by atoms with Crippen LogP contribution in [0.3, 0.4) is 0 Å². The zero-order chi connectivity index (χ0) is 21.4. The molecular formula is C21H21F3N2O4. The summed E-state index contributed by atoms with van der Waals surface area (Å²) in [6.45, 7) is 0.420. The van der Waals surface area contributed by atoms with E-state index in [9.17, 15) is 22.8 Å². The minimum absolute atomic E-state index is 0.439. The van der Waals surface area contributed by atoms with Crippen molar-refractivity contribution in [2.75, 3.05) is 13.2 Å². The number of carbonyl (C=O) groups is 1. The molecule has 1 aliphatic carbocycles. The van der Waals surface area contributed by atoms with Crippen LogP contribution < -0.4 is 20.3 Å². The van der Waals surface area contributed by atoms with E-state index in [1.54, 1.807) is 6.07 Å². The normalized spacial score (nSPS) is 17.6. The largest absolute Gasteiger partial charge is 0.486 e. The summed E-state index contributed by atoms with van der Waals surface area (Å²) in [5.74, 6) is 0.724. The summed E-state index contributed by atoms with van der Waals surface area (Å²) in [6.07, 6.45) is -0.404. The van der Waals surface area contributed by atoms with Crippen LogP contribution in [-0.2, 0) is 23.1 Å². The van der Waals surface area contributed by atoms with E-state index in [0.29, 0.717) is 43.6 Å². The Hall–Kier alpha value is -2.97. The summed E-state index contributed by atoms with van der Waals surface area (Å²) < 4.78 is 50.9. The standard InChI is InChI=1S/C21H21F3N2O4/c22-21(23,24)15-4-3-9-26(19(15)28)13-18(27)25-20(7-1-2-8-20)14-5-6-16-17(12-14)30-11-10-29-16/h3-6,9,12H,1-2,7-8,10-11,13H2,(H,25,27). The number of aromatic nitrogens is 1. The van der Waals surface area contributed by atoms with Crippen molar-refractivity contribution in [1.82, 2.24) is 9.88 Å². The van der Waals surface area contributed by atoms with Crippen LogP contribution in [0.15, 0.2) is 41.3 Å². The van der Waals surface area contributed by atoms with Crippen LogP contribution in [0.4, 0.5) is 13.2 Å². The Labute approximate surface area is 170 Å². The number of hydrogen-bond donors (Lipinski definition) is 1. The molecule has 0 bridgehead atoms. The highest BCUT2D eigenvalue weighted by Crippen LogP contribution is 2.42. The number of carbonyl (C=O) groups excluding carboxylic acids is 1. The second kappa shape index (κ2) is 7.70. The fraction of sp³-hybridized carbons (Fsp3) is 0.429. The first kappa shape index (κ1) is 20.3. The number of nitrogens with one attached hydrogen (secondary N) is 1. The maximum Gasteiger partial charge on any atom is 0.421 e. The number of amides is 1. The molecule has 9 heteroatoms. The van der Waals surface area contributed by atoms with Gasteiger partial charge in [-0.3, -0.25) is 9.59 Å². The minimum atomic E-state index is -4.77. The molecule has 0 saturated heterocycles. The monoisotopic (exact) mass is 422 g/mol. The van der Waals surface area contributed by atoms with Crippen LogP contribution in [0.1, 0.15) is 36.8 Å². The van der Waals surface area contributed by atoms with Gasteiger partial charge in [0.15, 0.2) is 11.5 Å². The molecule has 0 unspecified atom stereocenters. The predicted octanol–water partition coefficient (Wildman–Crippen LogP) is 3.22. The molecule has 30 heavy (non-hydrogen) atoms. The van der Waals surface area contributed by atoms with Gasteiger partial charge in [0.25, 0.3) is 5.56 Å². The lowest BCUT2D eigenvalue weighted by molar-refractivity contribution is -0.139. The van der Waals surface area contributed by atoms with Gasteiger partial charge in [-0.1, -0.05) is 18.9 Å². The lowest BCUT2D eigenvalue weighted by Gasteiger charge is -2.32. The van der Waals surface area contributed by atoms with Gasteiger partial charge in [0.05, 0.1) is 5.54 Å². The Bertz CT molecular complexity index is 1010. The van der Waals surface area contributed by atoms with Crippen LogP contribution in [0.25, 0.3) is 0 Å². The first-order chi connectivity index (χ1) is 14.3. The molecule has 1 aromatic heterocycles. The van der Waals surface area contributed by atoms with Crippen molar-refractivity contribution < 1.29 is 27.4 Å². The van der Waals surface area contributed by atoms with Crippen molar-refractivity contribution >= 4 is 5.91 Å². The van der Waals surface area contributed by atoms with Crippen molar-refractivity contribution in [2.45, 2.75) is 43.9 Å². The second-order valence-corrected chi connectivity index (χ2v) is 7.55. The molecule has 1 aliphatic heterocycles. The van der Waals surface area contributed by atoms with E-state index in [2.05, 4.69) is 5.32 Å². The molecule has 0 radical (unpaired) electrons. The fourth-order valence-electron chi connectivity index (χ4n) is 4.14. The van der Waals surface area contributed by atoms with E-state index in [-0.39, 0.29) is 0 Å². The average molecular weight is 422 g/mol. The summed E-state index contributed by atoms with van der Waals surface area (Å²) in [5, 5.41) is 2.97. The molecule has 1 N–H and O–H groups in total. The third-order valence-electron chi connectivity index (χ3n) is 5.57. The lowest BCUT2D eigenvalue weighted by atomic mass is 9.87. The van der Waals surface area contributed by atoms with E-state index in [1.807, 2.05) is 12.1 Å². The number of nitrogens with zero attached hydrogens (tertiary/aromatic N) is 1. The Morgan fingerprint density at radius 1 is 1.10 bits per heavy atom. The molecule has 6 nitrogen and oxygen atoms in total. The Morgan fingerprint density at radius 2 is 1.80 bits per heavy atom. The smallest absolute Gasteiger partial charge is 0.421 e. The highest BCUT2D eigenvalue weighted by atomic mass is 19.4. The van der Waals surface area contributed by atoms with Crippen LogP contribution in [0.2, 0.25) is 0 Å². The Kier molecular flexibility index (Phi) is 5.21. The lowest BCUT2D eigenvalue weighted by Crippen LogP contribution is -2.46. The number of benzene rings is 1. The van der Waals surface area contributed by atoms with Gasteiger partial charge in [-0.15, -0.1) is 0 Å². The van der Waals surface area contributed by atoms with Crippen molar-refractivity contribution in [2.24, 2.45) is 0 Å². The molecular weight excluding hydrogens is 401 g/mol. The van der Waals surface area contributed by atoms with Crippen LogP contribution in [0.5, 0.6) is 11.5 Å². The number of rotatable bonds is 4. The van der Waals surface area contributed by atoms with Crippen LogP contribution in [-0.4, -0.2) is 23.7 Å². The third-order valence-corrected chi connectivity index (χ3v) is 5.57. The van der Waals surface area contributed by atoms with Gasteiger partial charge in [-0.25, -0.2) is 0 Å². The van der Waals surface area contributed by atoms with Crippen LogP contribution in [0, 0.1) is 0 Å². The van der Waals surface area contributed by atoms with Crippen LogP contribution >= 0.6 is 0 Å². The van der Waals surface area contributed by atoms with Gasteiger partial charge in [0.1, 0.15) is 25.3 Å². The number of halogens is 3. The van der Waals surface area contributed by atoms with E-state index in [4.69, 9.17) is 9.47 Å². The zero-order valence-corrected chi connectivity index (χ0v) is 16.1. The molecule has 1 saturated carbocycles. The Morgan fingerprint density at radius 3 is 2.50 bits per heavy atom. The molecule has 1 fully saturated rings. The summed E-state index contributed by atoms with van der Waals surface area (Å²) in [4.78, 5) is 24.9. The summed E-state index contributed by atoms with van der Waals surface area (Å²) in [7, 11) is 0. The van der Waals surface area contributed by atoms with Gasteiger partial charge in [0.2, 0.25) is 5.91 Å². The summed E-state index contributed by atoms with van der Waals surface area (Å²) in [6, 6.07) is 7.34. The number of pyridine rings is 1. The highest BCUT2D eigenvalue weighted by molar-refractivity contribution is 5.77. The van der Waals surface area contributed by atoms with E-state index in [1.165, 1.54) is 6.20 Å². The van der Waals surface area contributed by atoms with Gasteiger partial charge in [0, 0.05) is 6.20 Å². The molecule has 2 heterocycles. The highest BCUT2D eigenvalue weighted by Gasteiger charge is 2.38. The molecule has 0 atom stereocenters. The summed E-state index contributed by atoms with van der Waals surface area (Å²) >= 11 is 0. The van der Waals surface area contributed by atoms with Crippen molar-refractivity contribution in [3.63, 3.8) is 0 Å². The fourth-order valence-corrected chi connectivity index (χ4v) is 4.14. The molecule has 2 aromatic rings. The quantitative estimate of drug-likeness (QED) is 0.822. The van der Waals surface area contributed by atoms with E-state index < -0.39 is 35.3 Å². The molecule has 4 rings (SSSR count). The van der Waals surface area contributed by atoms with Gasteiger partial charge in [-0.2, -0.15) is 13.2 Å². The van der Waals surface area contributed by atoms with Gasteiger partial charge in [-0.05, 0) is 42.7 Å². The third kappa shape index (κ3) is 3.88. The number of ether oxygens (including phenoxy) is 2. The average Bonchev–Trinajstić information content (AvgIpc) is 3.18. The molecule has 1 amide bonds. The number of hydrogen-bond acceptors (Lipinski definition) is 4. The number of alkyl halides is 3. The first-order valence-corrected chi connectivity index (χ1v) is 9.76. The van der Waals surface area contributed by atoms with E-state index in [0.717, 1.165) is 29.0 Å². The molecule has 1 aromatic carbocycles. The van der Waals surface area contributed by atoms with E-state index >= 15 is 0 Å². The topological polar surface area (TPSA) is 69.6 Å². The SMILES string of the molecule is O=C(Cn1cccc(C(F)(F)F)c1=O)NC1(c2ccc3c(c2)OCCO3)CCCC1. The maximum absolute atomic E-state index is 13.0. The minimum Gasteiger partial charge on any atom is -0.486 e. The van der Waals surface area contributed by atoms with Crippen molar-refractivity contribution in [3.8, 4) is 11.5 Å². The molecule has 160 valence electrons. The molecule has 0 spiro atoms. The van der Waals surface area contributed by atoms with Gasteiger partial charge < -0.3 is 19.4 Å². The van der Waals surface area contributed by atoms with Crippen molar-refractivity contribution in [3.05, 3.63) is 58.0 Å². The van der Waals surface area contributed by atoms with Gasteiger partial charge >= 0.3 is 6.18 Å². The molecule has 2 aliphatic rings. The Balaban J connectivity index is 1.57. The predicted molar refractivity (Wildman–Crippen MR) is 101 cm³/mol. The summed E-state index contributed by atoms with van der Waals surface area (Å²) in [5.41, 5.74) is -2.33. The maximum atomic E-state index is 13.0.